The van der Waals surface area contributed by atoms with Crippen molar-refractivity contribution in [2.24, 2.45) is 11.8 Å². The highest BCUT2D eigenvalue weighted by Gasteiger charge is 2.27. The predicted octanol–water partition coefficient (Wildman–Crippen LogP) is 2.95. The van der Waals surface area contributed by atoms with E-state index in [9.17, 15) is 9.59 Å². The number of hydrogen-bond donors (Lipinski definition) is 3. The largest absolute Gasteiger partial charge is 0.478 e. The molecule has 1 aromatic carbocycles. The summed E-state index contributed by atoms with van der Waals surface area (Å²) in [6, 6.07) is 6.77. The number of amides is 2. The molecule has 2 rings (SSSR count). The van der Waals surface area contributed by atoms with E-state index in [0.29, 0.717) is 18.2 Å². The summed E-state index contributed by atoms with van der Waals surface area (Å²) in [5.41, 5.74) is 1.45. The molecule has 0 bridgehead atoms. The fourth-order valence-corrected chi connectivity index (χ4v) is 2.11. The summed E-state index contributed by atoms with van der Waals surface area (Å²) in [5, 5.41) is 14.2. The smallest absolute Gasteiger partial charge is 0.328 e. The first-order valence-electron chi connectivity index (χ1n) is 7.10. The fourth-order valence-electron chi connectivity index (χ4n) is 2.11. The molecule has 2 amide bonds. The topological polar surface area (TPSA) is 78.4 Å². The summed E-state index contributed by atoms with van der Waals surface area (Å²) in [6.45, 7) is 2.84. The van der Waals surface area contributed by atoms with Gasteiger partial charge in [0, 0.05) is 18.3 Å². The van der Waals surface area contributed by atoms with Crippen LogP contribution < -0.4 is 10.6 Å². The quantitative estimate of drug-likeness (QED) is 0.704. The van der Waals surface area contributed by atoms with Gasteiger partial charge < -0.3 is 15.7 Å². The van der Waals surface area contributed by atoms with Gasteiger partial charge in [0.1, 0.15) is 0 Å². The van der Waals surface area contributed by atoms with Gasteiger partial charge in [0.2, 0.25) is 0 Å². The van der Waals surface area contributed by atoms with Crippen molar-refractivity contribution in [3.8, 4) is 0 Å². The molecule has 1 atom stereocenters. The second-order valence-electron chi connectivity index (χ2n) is 5.44. The minimum atomic E-state index is -0.985. The lowest BCUT2D eigenvalue weighted by Gasteiger charge is -2.12. The van der Waals surface area contributed by atoms with Gasteiger partial charge in [0.25, 0.3) is 0 Å². The minimum absolute atomic E-state index is 0.212. The average molecular weight is 288 g/mol. The summed E-state index contributed by atoms with van der Waals surface area (Å²) >= 11 is 0. The van der Waals surface area contributed by atoms with Crippen LogP contribution in [0.4, 0.5) is 10.5 Å². The maximum absolute atomic E-state index is 11.7. The predicted molar refractivity (Wildman–Crippen MR) is 82.0 cm³/mol. The van der Waals surface area contributed by atoms with Crippen molar-refractivity contribution in [1.82, 2.24) is 5.32 Å². The van der Waals surface area contributed by atoms with Crippen molar-refractivity contribution in [1.29, 1.82) is 0 Å². The molecule has 5 nitrogen and oxygen atoms in total. The van der Waals surface area contributed by atoms with Crippen LogP contribution in [0, 0.1) is 11.8 Å². The average Bonchev–Trinajstić information content (AvgIpc) is 3.28. The van der Waals surface area contributed by atoms with E-state index >= 15 is 0 Å². The molecule has 0 aromatic heterocycles. The van der Waals surface area contributed by atoms with Crippen molar-refractivity contribution >= 4 is 23.8 Å². The van der Waals surface area contributed by atoms with E-state index in [2.05, 4.69) is 17.6 Å². The Hall–Kier alpha value is -2.30. The van der Waals surface area contributed by atoms with Crippen LogP contribution in [-0.4, -0.2) is 23.7 Å². The van der Waals surface area contributed by atoms with Crippen molar-refractivity contribution in [3.63, 3.8) is 0 Å². The molecule has 3 N–H and O–H groups in total. The zero-order valence-corrected chi connectivity index (χ0v) is 12.0. The summed E-state index contributed by atoms with van der Waals surface area (Å²) < 4.78 is 0. The molecule has 21 heavy (non-hydrogen) atoms. The Bertz CT molecular complexity index is 533. The number of aliphatic carboxylic acids is 1. The number of carboxylic acid groups (broad SMARTS) is 1. The number of benzene rings is 1. The highest BCUT2D eigenvalue weighted by molar-refractivity contribution is 5.89. The molecule has 0 heterocycles. The molecule has 1 aromatic rings. The van der Waals surface area contributed by atoms with Gasteiger partial charge in [-0.2, -0.15) is 0 Å². The van der Waals surface area contributed by atoms with E-state index in [1.54, 1.807) is 24.3 Å². The lowest BCUT2D eigenvalue weighted by atomic mass is 10.1. The lowest BCUT2D eigenvalue weighted by Crippen LogP contribution is -2.32. The van der Waals surface area contributed by atoms with Gasteiger partial charge in [-0.1, -0.05) is 19.1 Å². The van der Waals surface area contributed by atoms with Crippen molar-refractivity contribution in [2.75, 3.05) is 11.9 Å². The number of carbonyl (C=O) groups is 2. The van der Waals surface area contributed by atoms with Crippen LogP contribution >= 0.6 is 0 Å². The Balaban J connectivity index is 1.79. The highest BCUT2D eigenvalue weighted by atomic mass is 16.4. The van der Waals surface area contributed by atoms with E-state index in [1.807, 2.05) is 0 Å². The number of nitrogens with one attached hydrogen (secondary N) is 2. The molecule has 0 radical (unpaired) electrons. The van der Waals surface area contributed by atoms with Crippen LogP contribution in [0.3, 0.4) is 0 Å². The zero-order chi connectivity index (χ0) is 15.2. The molecule has 0 saturated heterocycles. The number of rotatable bonds is 6. The SMILES string of the molecule is CC(CNC(=O)Nc1ccc(/C=C/C(=O)O)cc1)C1CC1. The van der Waals surface area contributed by atoms with Crippen molar-refractivity contribution < 1.29 is 14.7 Å². The molecule has 5 heteroatoms. The second kappa shape index (κ2) is 6.92. The Morgan fingerprint density at radius 2 is 2.00 bits per heavy atom. The van der Waals surface area contributed by atoms with Gasteiger partial charge in [-0.3, -0.25) is 0 Å². The van der Waals surface area contributed by atoms with Crippen molar-refractivity contribution in [3.05, 3.63) is 35.9 Å². The van der Waals surface area contributed by atoms with Crippen molar-refractivity contribution in [2.45, 2.75) is 19.8 Å². The number of carbonyl (C=O) groups excluding carboxylic acids is 1. The summed E-state index contributed by atoms with van der Waals surface area (Å²) in [6.07, 6.45) is 5.13. The molecule has 1 saturated carbocycles. The van der Waals surface area contributed by atoms with Crippen LogP contribution in [0.1, 0.15) is 25.3 Å². The van der Waals surface area contributed by atoms with Crippen LogP contribution in [0.5, 0.6) is 0 Å². The van der Waals surface area contributed by atoms with Gasteiger partial charge in [-0.25, -0.2) is 9.59 Å². The first-order valence-corrected chi connectivity index (χ1v) is 7.10. The Kier molecular flexibility index (Phi) is 4.98. The van der Waals surface area contributed by atoms with E-state index in [1.165, 1.54) is 18.9 Å². The molecule has 112 valence electrons. The number of hydrogen-bond acceptors (Lipinski definition) is 2. The molecule has 0 spiro atoms. The summed E-state index contributed by atoms with van der Waals surface area (Å²) in [4.78, 5) is 22.2. The molecule has 0 aliphatic heterocycles. The maximum atomic E-state index is 11.7. The van der Waals surface area contributed by atoms with E-state index < -0.39 is 5.97 Å². The molecular weight excluding hydrogens is 268 g/mol. The molecule has 1 aliphatic rings. The van der Waals surface area contributed by atoms with Gasteiger partial charge in [-0.05, 0) is 48.4 Å². The zero-order valence-electron chi connectivity index (χ0n) is 12.0. The molecule has 1 aliphatic carbocycles. The second-order valence-corrected chi connectivity index (χ2v) is 5.44. The maximum Gasteiger partial charge on any atom is 0.328 e. The van der Waals surface area contributed by atoms with E-state index in [-0.39, 0.29) is 6.03 Å². The van der Waals surface area contributed by atoms with Gasteiger partial charge >= 0.3 is 12.0 Å². The number of carboxylic acids is 1. The molecular formula is C16H20N2O3. The fraction of sp³-hybridized carbons (Fsp3) is 0.375. The highest BCUT2D eigenvalue weighted by Crippen LogP contribution is 2.36. The van der Waals surface area contributed by atoms with Crippen LogP contribution in [0.15, 0.2) is 30.3 Å². The van der Waals surface area contributed by atoms with Gasteiger partial charge in [0.15, 0.2) is 0 Å². The number of urea groups is 1. The Labute approximate surface area is 124 Å². The number of anilines is 1. The first kappa shape index (κ1) is 15.1. The van der Waals surface area contributed by atoms with Gasteiger partial charge in [0.05, 0.1) is 0 Å². The van der Waals surface area contributed by atoms with E-state index in [0.717, 1.165) is 17.6 Å². The Morgan fingerprint density at radius 3 is 2.57 bits per heavy atom. The summed E-state index contributed by atoms with van der Waals surface area (Å²) in [5.74, 6) is 0.311. The van der Waals surface area contributed by atoms with Crippen LogP contribution in [-0.2, 0) is 4.79 Å². The normalized spacial score (nSPS) is 15.7. The van der Waals surface area contributed by atoms with Crippen LogP contribution in [0.25, 0.3) is 6.08 Å². The minimum Gasteiger partial charge on any atom is -0.478 e. The van der Waals surface area contributed by atoms with Gasteiger partial charge in [-0.15, -0.1) is 0 Å². The van der Waals surface area contributed by atoms with Crippen LogP contribution in [0.2, 0.25) is 0 Å². The monoisotopic (exact) mass is 288 g/mol. The third-order valence-corrected chi connectivity index (χ3v) is 3.60. The standard InChI is InChI=1S/C16H20N2O3/c1-11(13-5-6-13)10-17-16(21)18-14-7-2-12(3-8-14)4-9-15(19)20/h2-4,7-9,11,13H,5-6,10H2,1H3,(H,19,20)(H2,17,18,21)/b9-4+. The lowest BCUT2D eigenvalue weighted by molar-refractivity contribution is -0.131. The van der Waals surface area contributed by atoms with E-state index in [4.69, 9.17) is 5.11 Å². The first-order chi connectivity index (χ1) is 10.0. The third kappa shape index (κ3) is 5.30. The molecule has 1 unspecified atom stereocenters. The molecule has 1 fully saturated rings. The summed E-state index contributed by atoms with van der Waals surface area (Å²) in [7, 11) is 0. The third-order valence-electron chi connectivity index (χ3n) is 3.60. The Morgan fingerprint density at radius 1 is 1.33 bits per heavy atom.